The third kappa shape index (κ3) is 1.54. The summed E-state index contributed by atoms with van der Waals surface area (Å²) >= 11 is 0. The van der Waals surface area contributed by atoms with Gasteiger partial charge in [0, 0.05) is 12.3 Å². The molecule has 9 heavy (non-hydrogen) atoms. The quantitative estimate of drug-likeness (QED) is 0.485. The predicted octanol–water partition coefficient (Wildman–Crippen LogP) is 2.01. The predicted molar refractivity (Wildman–Crippen MR) is 37.2 cm³/mol. The standard InChI is InChI=1S/C8H14O/c1-6-3-4-7(2)8(9)5-6/h6-7H,3-5H2,1-2H3. The van der Waals surface area contributed by atoms with Crippen LogP contribution in [0.5, 0.6) is 0 Å². The first-order valence-electron chi connectivity index (χ1n) is 3.73. The van der Waals surface area contributed by atoms with Crippen LogP contribution in [0.2, 0.25) is 0 Å². The Hall–Kier alpha value is -0.330. The number of carbonyl (C=O) groups is 1. The summed E-state index contributed by atoms with van der Waals surface area (Å²) < 4.78 is 0. The van der Waals surface area contributed by atoms with Crippen molar-refractivity contribution < 1.29 is 4.79 Å². The molecule has 0 aliphatic heterocycles. The van der Waals surface area contributed by atoms with Gasteiger partial charge >= 0.3 is 0 Å². The fraction of sp³-hybridized carbons (Fsp3) is 0.875. The highest BCUT2D eigenvalue weighted by Crippen LogP contribution is 2.24. The van der Waals surface area contributed by atoms with E-state index in [1.54, 1.807) is 0 Å². The maximum Gasteiger partial charge on any atom is 0.135 e. The van der Waals surface area contributed by atoms with Gasteiger partial charge in [-0.05, 0) is 18.8 Å². The SMILES string of the molecule is CC1CCC(C)C(=O)C1. The number of Topliss-reactive ketones (excluding diaryl/α,β-unsaturated/α-hetero) is 1. The second-order valence-electron chi connectivity index (χ2n) is 3.25. The Labute approximate surface area is 56.4 Å². The lowest BCUT2D eigenvalue weighted by Gasteiger charge is -2.21. The first kappa shape index (κ1) is 6.79. The summed E-state index contributed by atoms with van der Waals surface area (Å²) in [6.45, 7) is 4.19. The van der Waals surface area contributed by atoms with Crippen LogP contribution in [-0.2, 0) is 4.79 Å². The molecule has 1 fully saturated rings. The van der Waals surface area contributed by atoms with E-state index in [4.69, 9.17) is 0 Å². The van der Waals surface area contributed by atoms with E-state index in [0.717, 1.165) is 12.8 Å². The molecule has 52 valence electrons. The Bertz CT molecular complexity index is 118. The number of rotatable bonds is 0. The van der Waals surface area contributed by atoms with Crippen molar-refractivity contribution in [3.63, 3.8) is 0 Å². The van der Waals surface area contributed by atoms with Gasteiger partial charge < -0.3 is 0 Å². The second-order valence-corrected chi connectivity index (χ2v) is 3.25. The average Bonchev–Trinajstić information content (AvgIpc) is 1.80. The Morgan fingerprint density at radius 1 is 1.33 bits per heavy atom. The van der Waals surface area contributed by atoms with E-state index in [0.29, 0.717) is 17.6 Å². The van der Waals surface area contributed by atoms with Gasteiger partial charge in [0.15, 0.2) is 0 Å². The molecule has 0 saturated heterocycles. The van der Waals surface area contributed by atoms with Crippen LogP contribution in [0.15, 0.2) is 0 Å². The summed E-state index contributed by atoms with van der Waals surface area (Å²) in [6, 6.07) is 0. The number of hydrogen-bond acceptors (Lipinski definition) is 1. The van der Waals surface area contributed by atoms with Crippen LogP contribution < -0.4 is 0 Å². The van der Waals surface area contributed by atoms with E-state index in [-0.39, 0.29) is 0 Å². The highest BCUT2D eigenvalue weighted by molar-refractivity contribution is 5.81. The van der Waals surface area contributed by atoms with Crippen molar-refractivity contribution in [2.24, 2.45) is 11.8 Å². The summed E-state index contributed by atoms with van der Waals surface area (Å²) in [5, 5.41) is 0. The van der Waals surface area contributed by atoms with Gasteiger partial charge in [-0.2, -0.15) is 0 Å². The van der Waals surface area contributed by atoms with E-state index in [1.807, 2.05) is 6.92 Å². The maximum atomic E-state index is 11.0. The van der Waals surface area contributed by atoms with Crippen LogP contribution >= 0.6 is 0 Å². The van der Waals surface area contributed by atoms with Crippen molar-refractivity contribution in [2.75, 3.05) is 0 Å². The van der Waals surface area contributed by atoms with Crippen molar-refractivity contribution >= 4 is 5.78 Å². The minimum Gasteiger partial charge on any atom is -0.299 e. The average molecular weight is 126 g/mol. The van der Waals surface area contributed by atoms with Crippen LogP contribution in [0.25, 0.3) is 0 Å². The van der Waals surface area contributed by atoms with Crippen molar-refractivity contribution in [2.45, 2.75) is 33.1 Å². The maximum absolute atomic E-state index is 11.0. The Balaban J connectivity index is 2.44. The van der Waals surface area contributed by atoms with E-state index < -0.39 is 0 Å². The molecule has 2 unspecified atom stereocenters. The fourth-order valence-corrected chi connectivity index (χ4v) is 1.34. The molecule has 1 heteroatoms. The zero-order valence-corrected chi connectivity index (χ0v) is 6.18. The Kier molecular flexibility index (Phi) is 1.89. The molecule has 0 amide bonds. The molecule has 1 aliphatic rings. The molecular formula is C8H14O. The monoisotopic (exact) mass is 126 g/mol. The molecule has 0 N–H and O–H groups in total. The smallest absolute Gasteiger partial charge is 0.135 e. The summed E-state index contributed by atoms with van der Waals surface area (Å²) in [5.74, 6) is 1.46. The molecular weight excluding hydrogens is 112 g/mol. The summed E-state index contributed by atoms with van der Waals surface area (Å²) in [5.41, 5.74) is 0. The lowest BCUT2D eigenvalue weighted by atomic mass is 9.83. The van der Waals surface area contributed by atoms with Gasteiger partial charge in [0.2, 0.25) is 0 Å². The fourth-order valence-electron chi connectivity index (χ4n) is 1.34. The van der Waals surface area contributed by atoms with Crippen molar-refractivity contribution in [3.8, 4) is 0 Å². The molecule has 1 rings (SSSR count). The molecule has 0 aromatic heterocycles. The molecule has 2 atom stereocenters. The molecule has 0 bridgehead atoms. The topological polar surface area (TPSA) is 17.1 Å². The van der Waals surface area contributed by atoms with Crippen LogP contribution in [0.3, 0.4) is 0 Å². The van der Waals surface area contributed by atoms with Gasteiger partial charge in [-0.25, -0.2) is 0 Å². The largest absolute Gasteiger partial charge is 0.299 e. The van der Waals surface area contributed by atoms with Gasteiger partial charge in [0.25, 0.3) is 0 Å². The van der Waals surface area contributed by atoms with Crippen LogP contribution in [-0.4, -0.2) is 5.78 Å². The van der Waals surface area contributed by atoms with Gasteiger partial charge in [-0.15, -0.1) is 0 Å². The van der Waals surface area contributed by atoms with E-state index in [1.165, 1.54) is 6.42 Å². The van der Waals surface area contributed by atoms with Crippen molar-refractivity contribution in [1.29, 1.82) is 0 Å². The van der Waals surface area contributed by atoms with Crippen LogP contribution in [0, 0.1) is 11.8 Å². The second kappa shape index (κ2) is 2.51. The highest BCUT2D eigenvalue weighted by atomic mass is 16.1. The third-order valence-electron chi connectivity index (χ3n) is 2.19. The molecule has 0 radical (unpaired) electrons. The molecule has 0 aromatic rings. The third-order valence-corrected chi connectivity index (χ3v) is 2.19. The minimum atomic E-state index is 0.348. The van der Waals surface area contributed by atoms with Gasteiger partial charge in [0.1, 0.15) is 5.78 Å². The highest BCUT2D eigenvalue weighted by Gasteiger charge is 2.21. The molecule has 1 aliphatic carbocycles. The summed E-state index contributed by atoms with van der Waals surface area (Å²) in [6.07, 6.45) is 3.17. The molecule has 0 heterocycles. The van der Waals surface area contributed by atoms with E-state index >= 15 is 0 Å². The normalized spacial score (nSPS) is 36.9. The Morgan fingerprint density at radius 2 is 2.00 bits per heavy atom. The van der Waals surface area contributed by atoms with Crippen molar-refractivity contribution in [3.05, 3.63) is 0 Å². The lowest BCUT2D eigenvalue weighted by molar-refractivity contribution is -0.125. The van der Waals surface area contributed by atoms with E-state index in [9.17, 15) is 4.79 Å². The number of hydrogen-bond donors (Lipinski definition) is 0. The molecule has 0 spiro atoms. The molecule has 1 saturated carbocycles. The Morgan fingerprint density at radius 3 is 2.44 bits per heavy atom. The van der Waals surface area contributed by atoms with Crippen LogP contribution in [0.4, 0.5) is 0 Å². The van der Waals surface area contributed by atoms with Crippen LogP contribution in [0.1, 0.15) is 33.1 Å². The molecule has 1 nitrogen and oxygen atoms in total. The zero-order chi connectivity index (χ0) is 6.85. The summed E-state index contributed by atoms with van der Waals surface area (Å²) in [4.78, 5) is 11.0. The first-order chi connectivity index (χ1) is 4.20. The number of carbonyl (C=O) groups excluding carboxylic acids is 1. The lowest BCUT2D eigenvalue weighted by Crippen LogP contribution is -2.20. The number of ketones is 1. The van der Waals surface area contributed by atoms with E-state index in [2.05, 4.69) is 6.92 Å². The van der Waals surface area contributed by atoms with Crippen molar-refractivity contribution in [1.82, 2.24) is 0 Å². The molecule has 0 aromatic carbocycles. The first-order valence-corrected chi connectivity index (χ1v) is 3.73. The van der Waals surface area contributed by atoms with Gasteiger partial charge in [0.05, 0.1) is 0 Å². The zero-order valence-electron chi connectivity index (χ0n) is 6.18. The minimum absolute atomic E-state index is 0.348. The van der Waals surface area contributed by atoms with Gasteiger partial charge in [-0.3, -0.25) is 4.79 Å². The summed E-state index contributed by atoms with van der Waals surface area (Å²) in [7, 11) is 0. The van der Waals surface area contributed by atoms with Gasteiger partial charge in [-0.1, -0.05) is 13.8 Å².